The Balaban J connectivity index is 2.07. The maximum atomic E-state index is 5.85. The Bertz CT molecular complexity index is 424. The molecule has 100 valence electrons. The van der Waals surface area contributed by atoms with Crippen LogP contribution in [0.4, 0.5) is 5.69 Å². The van der Waals surface area contributed by atoms with E-state index in [4.69, 9.17) is 10.5 Å². The van der Waals surface area contributed by atoms with Gasteiger partial charge in [0.2, 0.25) is 0 Å². The SMILES string of the molecule is COC1(C)CCCN(Cc2cc(N)ccc2Br)C1. The highest BCUT2D eigenvalue weighted by molar-refractivity contribution is 9.10. The van der Waals surface area contributed by atoms with Gasteiger partial charge in [0.05, 0.1) is 5.60 Å². The number of piperidine rings is 1. The normalized spacial score (nSPS) is 25.3. The Morgan fingerprint density at radius 3 is 3.00 bits per heavy atom. The van der Waals surface area contributed by atoms with E-state index < -0.39 is 0 Å². The number of benzene rings is 1. The summed E-state index contributed by atoms with van der Waals surface area (Å²) >= 11 is 3.59. The lowest BCUT2D eigenvalue weighted by Gasteiger charge is -2.39. The standard InChI is InChI=1S/C14H21BrN2O/c1-14(18-2)6-3-7-17(10-14)9-11-8-12(16)4-5-13(11)15/h4-5,8H,3,6-7,9-10,16H2,1-2H3. The van der Waals surface area contributed by atoms with Gasteiger partial charge in [0, 0.05) is 30.4 Å². The quantitative estimate of drug-likeness (QED) is 0.872. The van der Waals surface area contributed by atoms with Gasteiger partial charge in [-0.05, 0) is 50.1 Å². The molecule has 1 fully saturated rings. The minimum absolute atomic E-state index is 0.00888. The number of hydrogen-bond acceptors (Lipinski definition) is 3. The van der Waals surface area contributed by atoms with Crippen LogP contribution in [0.15, 0.2) is 22.7 Å². The lowest BCUT2D eigenvalue weighted by atomic mass is 9.94. The molecule has 1 saturated heterocycles. The van der Waals surface area contributed by atoms with Crippen LogP contribution in [0.2, 0.25) is 0 Å². The molecule has 2 rings (SSSR count). The molecule has 2 N–H and O–H groups in total. The summed E-state index contributed by atoms with van der Waals surface area (Å²) < 4.78 is 6.75. The molecule has 0 bridgehead atoms. The second kappa shape index (κ2) is 5.59. The zero-order valence-electron chi connectivity index (χ0n) is 11.1. The first-order chi connectivity index (χ1) is 8.52. The topological polar surface area (TPSA) is 38.5 Å². The van der Waals surface area contributed by atoms with Crippen molar-refractivity contribution < 1.29 is 4.74 Å². The van der Waals surface area contributed by atoms with Crippen LogP contribution in [0, 0.1) is 0 Å². The Kier molecular flexibility index (Phi) is 4.30. The zero-order valence-corrected chi connectivity index (χ0v) is 12.7. The van der Waals surface area contributed by atoms with E-state index in [-0.39, 0.29) is 5.60 Å². The van der Waals surface area contributed by atoms with E-state index in [1.807, 2.05) is 18.2 Å². The van der Waals surface area contributed by atoms with Crippen LogP contribution in [0.3, 0.4) is 0 Å². The molecule has 3 nitrogen and oxygen atoms in total. The van der Waals surface area contributed by atoms with Gasteiger partial charge in [-0.25, -0.2) is 0 Å². The number of ether oxygens (including phenoxy) is 1. The van der Waals surface area contributed by atoms with Gasteiger partial charge in [-0.2, -0.15) is 0 Å². The molecule has 1 aromatic carbocycles. The van der Waals surface area contributed by atoms with Crippen LogP contribution < -0.4 is 5.73 Å². The van der Waals surface area contributed by atoms with Crippen molar-refractivity contribution in [1.29, 1.82) is 0 Å². The fourth-order valence-corrected chi connectivity index (χ4v) is 2.94. The summed E-state index contributed by atoms with van der Waals surface area (Å²) in [6.07, 6.45) is 2.32. The Morgan fingerprint density at radius 2 is 2.28 bits per heavy atom. The van der Waals surface area contributed by atoms with Crippen molar-refractivity contribution in [3.63, 3.8) is 0 Å². The first-order valence-corrected chi connectivity index (χ1v) is 7.13. The Hall–Kier alpha value is -0.580. The minimum Gasteiger partial charge on any atom is -0.399 e. The fourth-order valence-electron chi connectivity index (χ4n) is 2.57. The second-order valence-electron chi connectivity index (χ2n) is 5.32. The van der Waals surface area contributed by atoms with Crippen molar-refractivity contribution in [1.82, 2.24) is 4.90 Å². The highest BCUT2D eigenvalue weighted by atomic mass is 79.9. The molecule has 0 radical (unpaired) electrons. The predicted molar refractivity (Wildman–Crippen MR) is 78.5 cm³/mol. The average molecular weight is 313 g/mol. The first-order valence-electron chi connectivity index (χ1n) is 6.34. The summed E-state index contributed by atoms with van der Waals surface area (Å²) in [5, 5.41) is 0. The lowest BCUT2D eigenvalue weighted by molar-refractivity contribution is -0.0527. The number of nitrogen functional groups attached to an aromatic ring is 1. The van der Waals surface area contributed by atoms with Crippen LogP contribution >= 0.6 is 15.9 Å². The molecule has 1 heterocycles. The van der Waals surface area contributed by atoms with E-state index in [9.17, 15) is 0 Å². The molecular weight excluding hydrogens is 292 g/mol. The fraction of sp³-hybridized carbons (Fsp3) is 0.571. The van der Waals surface area contributed by atoms with Gasteiger partial charge in [-0.15, -0.1) is 0 Å². The van der Waals surface area contributed by atoms with Gasteiger partial charge in [0.1, 0.15) is 0 Å². The molecule has 0 aliphatic carbocycles. The van der Waals surface area contributed by atoms with Gasteiger partial charge >= 0.3 is 0 Å². The molecule has 4 heteroatoms. The Morgan fingerprint density at radius 1 is 1.50 bits per heavy atom. The minimum atomic E-state index is -0.00888. The van der Waals surface area contributed by atoms with Crippen molar-refractivity contribution in [3.05, 3.63) is 28.2 Å². The molecule has 1 aliphatic heterocycles. The van der Waals surface area contributed by atoms with Crippen LogP contribution in [-0.4, -0.2) is 30.7 Å². The van der Waals surface area contributed by atoms with Gasteiger partial charge in [-0.1, -0.05) is 15.9 Å². The third-order valence-corrected chi connectivity index (χ3v) is 4.47. The van der Waals surface area contributed by atoms with Crippen molar-refractivity contribution in [3.8, 4) is 0 Å². The highest BCUT2D eigenvalue weighted by Gasteiger charge is 2.30. The summed E-state index contributed by atoms with van der Waals surface area (Å²) in [6, 6.07) is 5.98. The van der Waals surface area contributed by atoms with Gasteiger partial charge in [-0.3, -0.25) is 4.90 Å². The van der Waals surface area contributed by atoms with Crippen molar-refractivity contribution in [2.75, 3.05) is 25.9 Å². The van der Waals surface area contributed by atoms with Crippen LogP contribution in [0.5, 0.6) is 0 Å². The first kappa shape index (κ1) is 13.8. The monoisotopic (exact) mass is 312 g/mol. The summed E-state index contributed by atoms with van der Waals surface area (Å²) in [4.78, 5) is 2.44. The molecule has 0 aromatic heterocycles. The van der Waals surface area contributed by atoms with Crippen LogP contribution in [-0.2, 0) is 11.3 Å². The van der Waals surface area contributed by atoms with E-state index in [1.165, 1.54) is 12.0 Å². The number of rotatable bonds is 3. The van der Waals surface area contributed by atoms with Gasteiger partial charge < -0.3 is 10.5 Å². The number of likely N-dealkylation sites (tertiary alicyclic amines) is 1. The zero-order chi connectivity index (χ0) is 13.2. The molecule has 1 unspecified atom stereocenters. The number of halogens is 1. The smallest absolute Gasteiger partial charge is 0.0777 e. The molecule has 1 atom stereocenters. The van der Waals surface area contributed by atoms with Crippen molar-refractivity contribution in [2.45, 2.75) is 31.9 Å². The van der Waals surface area contributed by atoms with Crippen LogP contribution in [0.1, 0.15) is 25.3 Å². The maximum absolute atomic E-state index is 5.85. The third-order valence-electron chi connectivity index (χ3n) is 3.69. The lowest BCUT2D eigenvalue weighted by Crippen LogP contribution is -2.46. The molecule has 0 spiro atoms. The summed E-state index contributed by atoms with van der Waals surface area (Å²) in [5.41, 5.74) is 7.90. The number of hydrogen-bond donors (Lipinski definition) is 1. The van der Waals surface area contributed by atoms with Gasteiger partial charge in [0.25, 0.3) is 0 Å². The number of nitrogens with two attached hydrogens (primary N) is 1. The van der Waals surface area contributed by atoms with Gasteiger partial charge in [0.15, 0.2) is 0 Å². The molecule has 0 amide bonds. The third kappa shape index (κ3) is 3.25. The predicted octanol–water partition coefficient (Wildman–Crippen LogP) is 3.03. The highest BCUT2D eigenvalue weighted by Crippen LogP contribution is 2.27. The second-order valence-corrected chi connectivity index (χ2v) is 6.17. The van der Waals surface area contributed by atoms with E-state index in [0.29, 0.717) is 0 Å². The van der Waals surface area contributed by atoms with E-state index in [1.54, 1.807) is 7.11 Å². The average Bonchev–Trinajstić information content (AvgIpc) is 2.34. The number of anilines is 1. The van der Waals surface area contributed by atoms with Crippen molar-refractivity contribution in [2.24, 2.45) is 0 Å². The molecule has 1 aliphatic rings. The summed E-state index contributed by atoms with van der Waals surface area (Å²) in [7, 11) is 1.81. The molecule has 18 heavy (non-hydrogen) atoms. The van der Waals surface area contributed by atoms with E-state index in [2.05, 4.69) is 27.8 Å². The molecule has 1 aromatic rings. The molecule has 0 saturated carbocycles. The molecular formula is C14H21BrN2O. The summed E-state index contributed by atoms with van der Waals surface area (Å²) in [5.74, 6) is 0. The Labute approximate surface area is 117 Å². The van der Waals surface area contributed by atoms with Crippen molar-refractivity contribution >= 4 is 21.6 Å². The van der Waals surface area contributed by atoms with E-state index >= 15 is 0 Å². The maximum Gasteiger partial charge on any atom is 0.0777 e. The van der Waals surface area contributed by atoms with Crippen LogP contribution in [0.25, 0.3) is 0 Å². The largest absolute Gasteiger partial charge is 0.399 e. The number of nitrogens with zero attached hydrogens (tertiary/aromatic N) is 1. The number of methoxy groups -OCH3 is 1. The van der Waals surface area contributed by atoms with E-state index in [0.717, 1.165) is 36.2 Å². The summed E-state index contributed by atoms with van der Waals surface area (Å²) in [6.45, 7) is 5.21.